The van der Waals surface area contributed by atoms with Crippen LogP contribution in [0.1, 0.15) is 45.2 Å². The van der Waals surface area contributed by atoms with E-state index in [1.54, 1.807) is 32.3 Å². The van der Waals surface area contributed by atoms with Crippen molar-refractivity contribution >= 4 is 17.9 Å². The third-order valence-electron chi connectivity index (χ3n) is 4.85. The molecule has 1 aliphatic rings. The lowest BCUT2D eigenvalue weighted by atomic mass is 9.93. The zero-order valence-electron chi connectivity index (χ0n) is 16.2. The predicted molar refractivity (Wildman–Crippen MR) is 107 cm³/mol. The molecule has 8 nitrogen and oxygen atoms in total. The second-order valence-electron chi connectivity index (χ2n) is 7.64. The lowest BCUT2D eigenvalue weighted by molar-refractivity contribution is -0.106. The molecule has 2 aromatic heterocycles. The zero-order chi connectivity index (χ0) is 20.1. The number of carbonyl (C=O) groups is 1. The van der Waals surface area contributed by atoms with Crippen LogP contribution < -0.4 is 10.6 Å². The first kappa shape index (κ1) is 20.2. The van der Waals surface area contributed by atoms with Gasteiger partial charge in [-0.25, -0.2) is 9.97 Å². The van der Waals surface area contributed by atoms with Gasteiger partial charge >= 0.3 is 0 Å². The number of anilines is 2. The number of hydrogen-bond donors (Lipinski definition) is 4. The number of aldehydes is 1. The standard InChI is InChI=1S/C20H27N5O3/c1-20(2,28)17-8-3-13(11-22-17)16-12-23-18(21-9-10-26)19(25-16)24-14-4-6-15(27)7-5-14/h3,8,10-12,14-15,27-28H,4-7,9H2,1-2H3,(H,21,23)(H,24,25)/t14-,15-/i1+1,2+1,9+1,10+1,20+1. The first-order valence-electron chi connectivity index (χ1n) is 9.55. The van der Waals surface area contributed by atoms with Crippen molar-refractivity contribution in [2.75, 3.05) is 17.2 Å². The van der Waals surface area contributed by atoms with Gasteiger partial charge in [0.1, 0.15) is 11.9 Å². The van der Waals surface area contributed by atoms with Gasteiger partial charge in [0, 0.05) is 17.8 Å². The second-order valence-corrected chi connectivity index (χ2v) is 7.64. The van der Waals surface area contributed by atoms with Gasteiger partial charge in [0.25, 0.3) is 0 Å². The van der Waals surface area contributed by atoms with Crippen LogP contribution in [0.2, 0.25) is 0 Å². The van der Waals surface area contributed by atoms with E-state index in [9.17, 15) is 15.0 Å². The predicted octanol–water partition coefficient (Wildman–Crippen LogP) is 2.09. The summed E-state index contributed by atoms with van der Waals surface area (Å²) in [6.45, 7) is 3.52. The molecule has 28 heavy (non-hydrogen) atoms. The first-order valence-corrected chi connectivity index (χ1v) is 9.55. The van der Waals surface area contributed by atoms with Gasteiger partial charge in [0.2, 0.25) is 0 Å². The molecule has 4 N–H and O–H groups in total. The van der Waals surface area contributed by atoms with Crippen LogP contribution >= 0.6 is 0 Å². The number of pyridine rings is 1. The summed E-state index contributed by atoms with van der Waals surface area (Å²) in [6, 6.07) is 3.81. The third-order valence-corrected chi connectivity index (χ3v) is 4.85. The Morgan fingerprint density at radius 2 is 1.89 bits per heavy atom. The van der Waals surface area contributed by atoms with Crippen molar-refractivity contribution in [1.82, 2.24) is 15.0 Å². The average molecular weight is 390 g/mol. The molecule has 0 saturated heterocycles. The molecule has 0 bridgehead atoms. The van der Waals surface area contributed by atoms with E-state index in [0.29, 0.717) is 23.0 Å². The van der Waals surface area contributed by atoms with Crippen LogP contribution in [0.25, 0.3) is 11.3 Å². The van der Waals surface area contributed by atoms with E-state index in [0.717, 1.165) is 37.5 Å². The lowest BCUT2D eigenvalue weighted by Crippen LogP contribution is -2.29. The van der Waals surface area contributed by atoms with Crippen molar-refractivity contribution < 1.29 is 15.0 Å². The van der Waals surface area contributed by atoms with Gasteiger partial charge in [-0.2, -0.15) is 0 Å². The molecule has 1 fully saturated rings. The summed E-state index contributed by atoms with van der Waals surface area (Å²) in [5.41, 5.74) is 0.993. The smallest absolute Gasteiger partial charge is 0.169 e. The molecule has 0 spiro atoms. The number of nitrogens with one attached hydrogen (secondary N) is 2. The highest BCUT2D eigenvalue weighted by molar-refractivity contribution is 5.69. The van der Waals surface area contributed by atoms with Crippen LogP contribution in [-0.4, -0.2) is 50.1 Å². The topological polar surface area (TPSA) is 120 Å². The van der Waals surface area contributed by atoms with Crippen molar-refractivity contribution in [1.29, 1.82) is 0 Å². The van der Waals surface area contributed by atoms with Crippen LogP contribution in [0.4, 0.5) is 11.6 Å². The van der Waals surface area contributed by atoms with E-state index in [1.807, 2.05) is 6.07 Å². The quantitative estimate of drug-likeness (QED) is 0.419. The number of aliphatic hydroxyl groups is 2. The van der Waals surface area contributed by atoms with Crippen LogP contribution in [-0.2, 0) is 10.4 Å². The highest BCUT2D eigenvalue weighted by atomic mass is 16.4. The third kappa shape index (κ3) is 5.02. The average Bonchev–Trinajstić information content (AvgIpc) is 2.68. The molecule has 0 aliphatic heterocycles. The highest BCUT2D eigenvalue weighted by Crippen LogP contribution is 2.27. The Bertz CT molecular complexity index is 796. The molecule has 2 heterocycles. The molecule has 0 aromatic carbocycles. The van der Waals surface area contributed by atoms with Crippen molar-refractivity contribution in [3.8, 4) is 11.3 Å². The summed E-state index contributed by atoms with van der Waals surface area (Å²) in [6.07, 6.45) is 7.04. The van der Waals surface area contributed by atoms with E-state index in [-0.39, 0.29) is 18.7 Å². The molecule has 0 radical (unpaired) electrons. The Labute approximate surface area is 164 Å². The molecule has 1 saturated carbocycles. The van der Waals surface area contributed by atoms with E-state index >= 15 is 0 Å². The van der Waals surface area contributed by atoms with Gasteiger partial charge in [0.15, 0.2) is 11.6 Å². The molecule has 3 rings (SSSR count). The van der Waals surface area contributed by atoms with Gasteiger partial charge in [0.05, 0.1) is 30.2 Å². The van der Waals surface area contributed by atoms with E-state index in [1.165, 1.54) is 0 Å². The van der Waals surface area contributed by atoms with Gasteiger partial charge in [-0.05, 0) is 51.7 Å². The summed E-state index contributed by atoms with van der Waals surface area (Å²) in [4.78, 5) is 24.2. The Morgan fingerprint density at radius 3 is 2.50 bits per heavy atom. The molecular weight excluding hydrogens is 363 g/mol. The minimum absolute atomic E-state index is 0.147. The SMILES string of the molecule is [13CH3][13C]([13CH3])(O)c1ccc(-c2cnc(N[13CH2][13CH]=O)c(N[C@H]3CC[C@H](O)CC3)n2)cn1. The maximum absolute atomic E-state index is 10.7. The number of hydrogen-bond acceptors (Lipinski definition) is 8. The summed E-state index contributed by atoms with van der Waals surface area (Å²) in [7, 11) is 0. The minimum Gasteiger partial charge on any atom is -0.393 e. The largest absolute Gasteiger partial charge is 0.393 e. The van der Waals surface area contributed by atoms with E-state index in [4.69, 9.17) is 0 Å². The number of nitrogens with zero attached hydrogens (tertiary/aromatic N) is 3. The number of aliphatic hydroxyl groups excluding tert-OH is 1. The lowest BCUT2D eigenvalue weighted by Gasteiger charge is -2.27. The van der Waals surface area contributed by atoms with Crippen molar-refractivity contribution in [2.24, 2.45) is 0 Å². The number of aromatic nitrogens is 3. The Morgan fingerprint density at radius 1 is 1.14 bits per heavy atom. The molecule has 0 atom stereocenters. The second kappa shape index (κ2) is 8.62. The van der Waals surface area contributed by atoms with Gasteiger partial charge in [-0.15, -0.1) is 0 Å². The monoisotopic (exact) mass is 390 g/mol. The molecule has 8 heteroatoms. The summed E-state index contributed by atoms with van der Waals surface area (Å²) in [5, 5.41) is 26.1. The fourth-order valence-electron chi connectivity index (χ4n) is 3.22. The van der Waals surface area contributed by atoms with Gasteiger partial charge in [-0.1, -0.05) is 0 Å². The van der Waals surface area contributed by atoms with Crippen molar-refractivity contribution in [2.45, 2.75) is 57.3 Å². The van der Waals surface area contributed by atoms with E-state index < -0.39 is 5.60 Å². The van der Waals surface area contributed by atoms with E-state index in [2.05, 4.69) is 25.6 Å². The Hall–Kier alpha value is -2.58. The zero-order valence-corrected chi connectivity index (χ0v) is 16.2. The van der Waals surface area contributed by atoms with Crippen LogP contribution in [0.5, 0.6) is 0 Å². The van der Waals surface area contributed by atoms with Gasteiger partial charge < -0.3 is 25.6 Å². The highest BCUT2D eigenvalue weighted by Gasteiger charge is 2.21. The van der Waals surface area contributed by atoms with Crippen LogP contribution in [0, 0.1) is 0 Å². The normalized spacial score (nSPS) is 19.9. The number of rotatable bonds is 7. The molecular formula is C20H27N5O3. The van der Waals surface area contributed by atoms with Crippen LogP contribution in [0.15, 0.2) is 24.5 Å². The minimum atomic E-state index is -1.01. The Balaban J connectivity index is 1.85. The molecule has 1 aliphatic carbocycles. The fourth-order valence-corrected chi connectivity index (χ4v) is 3.22. The fraction of sp³-hybridized carbons (Fsp3) is 0.500. The molecule has 0 amide bonds. The van der Waals surface area contributed by atoms with Crippen molar-refractivity contribution in [3.05, 3.63) is 30.2 Å². The molecule has 0 unspecified atom stereocenters. The molecule has 150 valence electrons. The summed E-state index contributed by atoms with van der Waals surface area (Å²) >= 11 is 0. The maximum atomic E-state index is 10.7. The Kier molecular flexibility index (Phi) is 6.21. The van der Waals surface area contributed by atoms with Gasteiger partial charge in [-0.3, -0.25) is 4.98 Å². The number of carbonyl (C=O) groups excluding carboxylic acids is 1. The molecule has 2 aromatic rings. The summed E-state index contributed by atoms with van der Waals surface area (Å²) < 4.78 is 0. The van der Waals surface area contributed by atoms with Crippen molar-refractivity contribution in [3.63, 3.8) is 0 Å². The van der Waals surface area contributed by atoms with Crippen LogP contribution in [0.3, 0.4) is 0 Å². The summed E-state index contributed by atoms with van der Waals surface area (Å²) in [5.74, 6) is 1.09. The maximum Gasteiger partial charge on any atom is 0.169 e. The first-order chi connectivity index (χ1) is 13.4.